The highest BCUT2D eigenvalue weighted by atomic mass is 32.1. The topological polar surface area (TPSA) is 46.1 Å². The average Bonchev–Trinajstić information content (AvgIpc) is 3.05. The number of amides is 1. The second-order valence-corrected chi connectivity index (χ2v) is 7.31. The Hall–Kier alpha value is -2.53. The van der Waals surface area contributed by atoms with Crippen molar-refractivity contribution in [2.45, 2.75) is 39.8 Å². The first-order valence-electron chi connectivity index (χ1n) is 8.75. The smallest absolute Gasteiger partial charge is 0.223 e. The van der Waals surface area contributed by atoms with E-state index in [1.807, 2.05) is 60.7 Å². The Morgan fingerprint density at radius 2 is 1.85 bits per heavy atom. The van der Waals surface area contributed by atoms with Gasteiger partial charge < -0.3 is 4.90 Å². The third-order valence-corrected chi connectivity index (χ3v) is 5.27. The predicted octanol–water partition coefficient (Wildman–Crippen LogP) is 4.32. The molecular weight excluding hydrogens is 342 g/mol. The summed E-state index contributed by atoms with van der Waals surface area (Å²) in [4.78, 5) is 24.8. The van der Waals surface area contributed by atoms with Gasteiger partial charge >= 0.3 is 0 Å². The monoisotopic (exact) mass is 365 g/mol. The van der Waals surface area contributed by atoms with Gasteiger partial charge in [0.1, 0.15) is 0 Å². The third-order valence-electron chi connectivity index (χ3n) is 4.28. The van der Waals surface area contributed by atoms with Gasteiger partial charge in [-0.1, -0.05) is 36.4 Å². The van der Waals surface area contributed by atoms with Gasteiger partial charge in [-0.15, -0.1) is 11.3 Å². The van der Waals surface area contributed by atoms with Crippen LogP contribution in [0, 0.1) is 13.8 Å². The molecule has 0 bridgehead atoms. The Kier molecular flexibility index (Phi) is 6.12. The number of rotatable bonds is 7. The van der Waals surface area contributed by atoms with Gasteiger partial charge in [-0.05, 0) is 38.0 Å². The summed E-state index contributed by atoms with van der Waals surface area (Å²) in [5.74, 6) is 0.143. The first kappa shape index (κ1) is 18.3. The molecule has 2 aromatic heterocycles. The van der Waals surface area contributed by atoms with Crippen molar-refractivity contribution in [1.82, 2.24) is 14.9 Å². The van der Waals surface area contributed by atoms with Crippen LogP contribution >= 0.6 is 11.3 Å². The summed E-state index contributed by atoms with van der Waals surface area (Å²) >= 11 is 1.62. The number of aryl methyl sites for hydroxylation is 3. The van der Waals surface area contributed by atoms with E-state index in [0.717, 1.165) is 29.1 Å². The Bertz CT molecular complexity index is 860. The minimum absolute atomic E-state index is 0.143. The van der Waals surface area contributed by atoms with Crippen LogP contribution in [0.5, 0.6) is 0 Å². The van der Waals surface area contributed by atoms with Gasteiger partial charge in [0.15, 0.2) is 0 Å². The zero-order chi connectivity index (χ0) is 18.4. The molecule has 0 N–H and O–H groups in total. The molecule has 0 fully saturated rings. The van der Waals surface area contributed by atoms with E-state index >= 15 is 0 Å². The number of carbonyl (C=O) groups excluding carboxylic acids is 1. The van der Waals surface area contributed by atoms with Gasteiger partial charge in [0.05, 0.1) is 23.4 Å². The van der Waals surface area contributed by atoms with Crippen molar-refractivity contribution in [2.75, 3.05) is 0 Å². The highest BCUT2D eigenvalue weighted by Crippen LogP contribution is 2.17. The molecule has 1 amide bonds. The van der Waals surface area contributed by atoms with E-state index in [1.54, 1.807) is 11.3 Å². The average molecular weight is 366 g/mol. The third kappa shape index (κ3) is 4.99. The molecule has 3 aromatic rings. The summed E-state index contributed by atoms with van der Waals surface area (Å²) in [6.07, 6.45) is 1.23. The van der Waals surface area contributed by atoms with Gasteiger partial charge in [0.2, 0.25) is 5.91 Å². The molecule has 4 nitrogen and oxygen atoms in total. The fourth-order valence-corrected chi connectivity index (χ4v) is 3.65. The number of carbonyl (C=O) groups is 1. The summed E-state index contributed by atoms with van der Waals surface area (Å²) in [5, 5.41) is 0. The van der Waals surface area contributed by atoms with Crippen LogP contribution in [0.1, 0.15) is 33.9 Å². The molecule has 0 spiro atoms. The molecule has 3 rings (SSSR count). The SMILES string of the molecule is Cc1cccc(CN(Cc2ccccc2)C(=O)CCc2scnc2C)n1. The molecule has 134 valence electrons. The van der Waals surface area contributed by atoms with Crippen LogP contribution in [0.25, 0.3) is 0 Å². The molecule has 2 heterocycles. The van der Waals surface area contributed by atoms with Crippen molar-refractivity contribution in [3.63, 3.8) is 0 Å². The standard InChI is InChI=1S/C21H23N3OS/c1-16-7-6-10-19(23-16)14-24(13-18-8-4-3-5-9-18)21(25)12-11-20-17(2)22-15-26-20/h3-10,15H,11-14H2,1-2H3. The van der Waals surface area contributed by atoms with Crippen LogP contribution in [-0.4, -0.2) is 20.8 Å². The maximum absolute atomic E-state index is 12.9. The molecule has 0 saturated carbocycles. The number of pyridine rings is 1. The van der Waals surface area contributed by atoms with E-state index < -0.39 is 0 Å². The molecular formula is C21H23N3OS. The van der Waals surface area contributed by atoms with Crippen LogP contribution in [0.3, 0.4) is 0 Å². The summed E-state index contributed by atoms with van der Waals surface area (Å²) in [6, 6.07) is 16.0. The van der Waals surface area contributed by atoms with Gasteiger partial charge in [0.25, 0.3) is 0 Å². The highest BCUT2D eigenvalue weighted by Gasteiger charge is 2.16. The minimum Gasteiger partial charge on any atom is -0.332 e. The predicted molar refractivity (Wildman–Crippen MR) is 105 cm³/mol. The van der Waals surface area contributed by atoms with Crippen LogP contribution in [-0.2, 0) is 24.3 Å². The second-order valence-electron chi connectivity index (χ2n) is 6.37. The van der Waals surface area contributed by atoms with Gasteiger partial charge in [-0.25, -0.2) is 4.98 Å². The zero-order valence-corrected chi connectivity index (χ0v) is 16.0. The minimum atomic E-state index is 0.143. The number of hydrogen-bond donors (Lipinski definition) is 0. The molecule has 26 heavy (non-hydrogen) atoms. The van der Waals surface area contributed by atoms with E-state index in [9.17, 15) is 4.79 Å². The lowest BCUT2D eigenvalue weighted by Crippen LogP contribution is -2.30. The molecule has 1 aromatic carbocycles. The highest BCUT2D eigenvalue weighted by molar-refractivity contribution is 7.09. The van der Waals surface area contributed by atoms with Crippen molar-refractivity contribution in [3.8, 4) is 0 Å². The first-order chi connectivity index (χ1) is 12.6. The first-order valence-corrected chi connectivity index (χ1v) is 9.63. The quantitative estimate of drug-likeness (QED) is 0.626. The maximum Gasteiger partial charge on any atom is 0.223 e. The van der Waals surface area contributed by atoms with Crippen molar-refractivity contribution in [1.29, 1.82) is 0 Å². The number of nitrogens with zero attached hydrogens (tertiary/aromatic N) is 3. The molecule has 0 aliphatic heterocycles. The fraction of sp³-hybridized carbons (Fsp3) is 0.286. The molecule has 0 aliphatic rings. The maximum atomic E-state index is 12.9. The van der Waals surface area contributed by atoms with Crippen LogP contribution in [0.4, 0.5) is 0 Å². The molecule has 0 atom stereocenters. The van der Waals surface area contributed by atoms with Crippen molar-refractivity contribution >= 4 is 17.2 Å². The van der Waals surface area contributed by atoms with Gasteiger partial charge in [-0.3, -0.25) is 9.78 Å². The van der Waals surface area contributed by atoms with Crippen molar-refractivity contribution < 1.29 is 4.79 Å². The molecule has 5 heteroatoms. The number of thiazole rings is 1. The molecule has 0 saturated heterocycles. The molecule has 0 radical (unpaired) electrons. The van der Waals surface area contributed by atoms with Gasteiger partial charge in [-0.2, -0.15) is 0 Å². The Morgan fingerprint density at radius 3 is 2.54 bits per heavy atom. The lowest BCUT2D eigenvalue weighted by molar-refractivity contribution is -0.132. The zero-order valence-electron chi connectivity index (χ0n) is 15.2. The molecule has 0 unspecified atom stereocenters. The van der Waals surface area contributed by atoms with E-state index in [-0.39, 0.29) is 5.91 Å². The largest absolute Gasteiger partial charge is 0.332 e. The van der Waals surface area contributed by atoms with Crippen LogP contribution < -0.4 is 0 Å². The Balaban J connectivity index is 1.72. The number of aromatic nitrogens is 2. The lowest BCUT2D eigenvalue weighted by Gasteiger charge is -2.23. The normalized spacial score (nSPS) is 10.7. The van der Waals surface area contributed by atoms with Crippen LogP contribution in [0.15, 0.2) is 54.0 Å². The molecule has 0 aliphatic carbocycles. The Morgan fingerprint density at radius 1 is 1.04 bits per heavy atom. The number of benzene rings is 1. The number of hydrogen-bond acceptors (Lipinski definition) is 4. The van der Waals surface area contributed by atoms with Crippen LogP contribution in [0.2, 0.25) is 0 Å². The summed E-state index contributed by atoms with van der Waals surface area (Å²) < 4.78 is 0. The lowest BCUT2D eigenvalue weighted by atomic mass is 10.1. The summed E-state index contributed by atoms with van der Waals surface area (Å²) in [6.45, 7) is 5.09. The van der Waals surface area contributed by atoms with Gasteiger partial charge in [0, 0.05) is 23.5 Å². The van der Waals surface area contributed by atoms with E-state index in [1.165, 1.54) is 4.88 Å². The Labute approximate surface area is 158 Å². The van der Waals surface area contributed by atoms with E-state index in [4.69, 9.17) is 0 Å². The van der Waals surface area contributed by atoms with E-state index in [2.05, 4.69) is 22.1 Å². The van der Waals surface area contributed by atoms with E-state index in [0.29, 0.717) is 19.5 Å². The van der Waals surface area contributed by atoms with Crippen molar-refractivity contribution in [3.05, 3.63) is 81.6 Å². The second kappa shape index (κ2) is 8.72. The summed E-state index contributed by atoms with van der Waals surface area (Å²) in [5.41, 5.74) is 5.88. The fourth-order valence-electron chi connectivity index (χ4n) is 2.86. The summed E-state index contributed by atoms with van der Waals surface area (Å²) in [7, 11) is 0. The van der Waals surface area contributed by atoms with Crippen molar-refractivity contribution in [2.24, 2.45) is 0 Å².